The highest BCUT2D eigenvalue weighted by molar-refractivity contribution is 6.08. The predicted octanol–water partition coefficient (Wildman–Crippen LogP) is 1.75. The molecule has 2 aromatic rings. The second-order valence-corrected chi connectivity index (χ2v) is 6.83. The molecule has 1 atom stereocenters. The molecule has 2 N–H and O–H groups in total. The standard InChI is InChI=1S/C21H23N3O6/c1-21(14-6-8-15(28-2)9-7-14)19(26)24(20(27)22-21)23-18(25)12-13-5-10-16(29-3)17(11-13)30-4/h5-11H,12H2,1-4H3,(H,22,27)(H,23,25)/t21-/m0/s1. The van der Waals surface area contributed by atoms with Crippen LogP contribution in [0.4, 0.5) is 4.79 Å². The Kier molecular flexibility index (Phi) is 5.81. The van der Waals surface area contributed by atoms with Crippen LogP contribution in [0.1, 0.15) is 18.1 Å². The van der Waals surface area contributed by atoms with Crippen molar-refractivity contribution in [2.24, 2.45) is 0 Å². The molecule has 1 heterocycles. The Bertz CT molecular complexity index is 975. The lowest BCUT2D eigenvalue weighted by molar-refractivity contribution is -0.138. The molecule has 0 radical (unpaired) electrons. The van der Waals surface area contributed by atoms with Gasteiger partial charge in [0.1, 0.15) is 11.3 Å². The van der Waals surface area contributed by atoms with Crippen LogP contribution in [0, 0.1) is 0 Å². The van der Waals surface area contributed by atoms with E-state index in [9.17, 15) is 14.4 Å². The molecule has 30 heavy (non-hydrogen) atoms. The van der Waals surface area contributed by atoms with Gasteiger partial charge in [-0.3, -0.25) is 15.0 Å². The minimum atomic E-state index is -1.31. The van der Waals surface area contributed by atoms with Crippen LogP contribution >= 0.6 is 0 Å². The van der Waals surface area contributed by atoms with Crippen molar-refractivity contribution in [1.82, 2.24) is 15.8 Å². The van der Waals surface area contributed by atoms with Crippen LogP contribution in [-0.4, -0.2) is 44.2 Å². The van der Waals surface area contributed by atoms with Gasteiger partial charge in [-0.15, -0.1) is 0 Å². The molecule has 9 nitrogen and oxygen atoms in total. The quantitative estimate of drug-likeness (QED) is 0.670. The SMILES string of the molecule is COc1ccc([C@]2(C)NC(=O)N(NC(=O)Cc3ccc(OC)c(OC)c3)C2=O)cc1. The van der Waals surface area contributed by atoms with Gasteiger partial charge in [-0.05, 0) is 42.3 Å². The first-order chi connectivity index (χ1) is 14.3. The number of methoxy groups -OCH3 is 3. The number of urea groups is 1. The Balaban J connectivity index is 1.72. The van der Waals surface area contributed by atoms with Gasteiger partial charge in [0.25, 0.3) is 5.91 Å². The van der Waals surface area contributed by atoms with Gasteiger partial charge < -0.3 is 19.5 Å². The van der Waals surface area contributed by atoms with Crippen LogP contribution in [0.15, 0.2) is 42.5 Å². The lowest BCUT2D eigenvalue weighted by atomic mass is 9.92. The molecule has 9 heteroatoms. The Morgan fingerprint density at radius 1 is 1.00 bits per heavy atom. The number of rotatable bonds is 7. The van der Waals surface area contributed by atoms with Gasteiger partial charge in [0.05, 0.1) is 27.8 Å². The minimum Gasteiger partial charge on any atom is -0.497 e. The Morgan fingerprint density at radius 3 is 2.27 bits per heavy atom. The number of nitrogens with one attached hydrogen (secondary N) is 2. The van der Waals surface area contributed by atoms with Crippen LogP contribution in [0.2, 0.25) is 0 Å². The van der Waals surface area contributed by atoms with E-state index in [1.54, 1.807) is 49.4 Å². The van der Waals surface area contributed by atoms with Gasteiger partial charge in [-0.1, -0.05) is 18.2 Å². The van der Waals surface area contributed by atoms with Crippen molar-refractivity contribution < 1.29 is 28.6 Å². The van der Waals surface area contributed by atoms with E-state index >= 15 is 0 Å². The van der Waals surface area contributed by atoms with Gasteiger partial charge in [0, 0.05) is 0 Å². The van der Waals surface area contributed by atoms with Crippen molar-refractivity contribution in [3.05, 3.63) is 53.6 Å². The summed E-state index contributed by atoms with van der Waals surface area (Å²) in [6, 6.07) is 11.1. The molecule has 0 bridgehead atoms. The number of amides is 4. The molecule has 0 spiro atoms. The minimum absolute atomic E-state index is 0.0589. The normalized spacial score (nSPS) is 18.1. The van der Waals surface area contributed by atoms with Crippen LogP contribution in [0.25, 0.3) is 0 Å². The monoisotopic (exact) mass is 413 g/mol. The zero-order valence-electron chi connectivity index (χ0n) is 17.1. The summed E-state index contributed by atoms with van der Waals surface area (Å²) >= 11 is 0. The fourth-order valence-corrected chi connectivity index (χ4v) is 3.20. The number of ether oxygens (including phenoxy) is 3. The number of benzene rings is 2. The smallest absolute Gasteiger partial charge is 0.344 e. The van der Waals surface area contributed by atoms with E-state index in [1.807, 2.05) is 0 Å². The average Bonchev–Trinajstić information content (AvgIpc) is 2.97. The van der Waals surface area contributed by atoms with E-state index in [-0.39, 0.29) is 6.42 Å². The van der Waals surface area contributed by atoms with E-state index in [4.69, 9.17) is 14.2 Å². The molecule has 0 unspecified atom stereocenters. The van der Waals surface area contributed by atoms with E-state index < -0.39 is 23.4 Å². The fourth-order valence-electron chi connectivity index (χ4n) is 3.20. The van der Waals surface area contributed by atoms with E-state index in [2.05, 4.69) is 10.7 Å². The second-order valence-electron chi connectivity index (χ2n) is 6.83. The third-order valence-electron chi connectivity index (χ3n) is 4.91. The second kappa shape index (κ2) is 8.32. The maximum Gasteiger partial charge on any atom is 0.344 e. The molecule has 0 aromatic heterocycles. The van der Waals surface area contributed by atoms with Crippen LogP contribution in [0.3, 0.4) is 0 Å². The van der Waals surface area contributed by atoms with Crippen LogP contribution in [0.5, 0.6) is 17.2 Å². The first kappa shape index (κ1) is 21.0. The zero-order valence-corrected chi connectivity index (χ0v) is 17.1. The third kappa shape index (κ3) is 3.86. The first-order valence-electron chi connectivity index (χ1n) is 9.14. The van der Waals surface area contributed by atoms with Gasteiger partial charge in [-0.25, -0.2) is 4.79 Å². The van der Waals surface area contributed by atoms with E-state index in [0.29, 0.717) is 33.4 Å². The Hall–Kier alpha value is -3.75. The predicted molar refractivity (Wildman–Crippen MR) is 107 cm³/mol. The molecule has 0 aliphatic carbocycles. The van der Waals surface area contributed by atoms with Gasteiger partial charge in [0.15, 0.2) is 11.5 Å². The molecule has 1 fully saturated rings. The topological polar surface area (TPSA) is 106 Å². The summed E-state index contributed by atoms with van der Waals surface area (Å²) in [6.07, 6.45) is -0.0589. The van der Waals surface area contributed by atoms with E-state index in [0.717, 1.165) is 0 Å². The number of carbonyl (C=O) groups excluding carboxylic acids is 3. The highest BCUT2D eigenvalue weighted by Crippen LogP contribution is 2.30. The summed E-state index contributed by atoms with van der Waals surface area (Å²) in [5.74, 6) is 0.526. The summed E-state index contributed by atoms with van der Waals surface area (Å²) in [6.45, 7) is 1.58. The lowest BCUT2D eigenvalue weighted by Crippen LogP contribution is -2.48. The molecular weight excluding hydrogens is 390 g/mol. The number of hydrogen-bond acceptors (Lipinski definition) is 6. The van der Waals surface area contributed by atoms with Gasteiger partial charge in [0.2, 0.25) is 5.91 Å². The largest absolute Gasteiger partial charge is 0.497 e. The first-order valence-corrected chi connectivity index (χ1v) is 9.14. The number of nitrogens with zero attached hydrogens (tertiary/aromatic N) is 1. The van der Waals surface area contributed by atoms with Crippen molar-refractivity contribution in [1.29, 1.82) is 0 Å². The summed E-state index contributed by atoms with van der Waals surface area (Å²) in [4.78, 5) is 37.8. The van der Waals surface area contributed by atoms with E-state index in [1.165, 1.54) is 21.3 Å². The van der Waals surface area contributed by atoms with Crippen molar-refractivity contribution in [2.75, 3.05) is 21.3 Å². The van der Waals surface area contributed by atoms with Gasteiger partial charge in [-0.2, -0.15) is 5.01 Å². The average molecular weight is 413 g/mol. The maximum atomic E-state index is 12.9. The lowest BCUT2D eigenvalue weighted by Gasteiger charge is -2.22. The molecule has 1 aliphatic heterocycles. The molecule has 3 rings (SSSR count). The zero-order chi connectivity index (χ0) is 21.9. The van der Waals surface area contributed by atoms with Gasteiger partial charge >= 0.3 is 6.03 Å². The van der Waals surface area contributed by atoms with Crippen molar-refractivity contribution in [2.45, 2.75) is 18.9 Å². The highest BCUT2D eigenvalue weighted by Gasteiger charge is 2.50. The van der Waals surface area contributed by atoms with Crippen LogP contribution in [-0.2, 0) is 21.5 Å². The Morgan fingerprint density at radius 2 is 1.67 bits per heavy atom. The van der Waals surface area contributed by atoms with Crippen LogP contribution < -0.4 is 25.0 Å². The highest BCUT2D eigenvalue weighted by atomic mass is 16.5. The van der Waals surface area contributed by atoms with Crippen molar-refractivity contribution >= 4 is 17.8 Å². The number of carbonyl (C=O) groups is 3. The summed E-state index contributed by atoms with van der Waals surface area (Å²) < 4.78 is 15.5. The fraction of sp³-hybridized carbons (Fsp3) is 0.286. The van der Waals surface area contributed by atoms with Crippen molar-refractivity contribution in [3.63, 3.8) is 0 Å². The molecule has 2 aromatic carbocycles. The molecule has 4 amide bonds. The summed E-state index contributed by atoms with van der Waals surface area (Å²) in [7, 11) is 4.55. The number of hydrogen-bond donors (Lipinski definition) is 2. The molecule has 1 aliphatic rings. The third-order valence-corrected chi connectivity index (χ3v) is 4.91. The summed E-state index contributed by atoms with van der Waals surface area (Å²) in [5, 5.41) is 3.33. The maximum absolute atomic E-state index is 12.9. The van der Waals surface area contributed by atoms with Crippen molar-refractivity contribution in [3.8, 4) is 17.2 Å². The molecule has 1 saturated heterocycles. The summed E-state index contributed by atoms with van der Waals surface area (Å²) in [5.41, 5.74) is 2.27. The molecular formula is C21H23N3O6. The molecule has 158 valence electrons. The number of imide groups is 1. The Labute approximate surface area is 173 Å². The molecule has 0 saturated carbocycles. The number of hydrazine groups is 1.